The Labute approximate surface area is 213 Å². The molecule has 0 bridgehead atoms. The number of aromatic nitrogens is 2. The normalized spacial score (nSPS) is 15.4. The fraction of sp³-hybridized carbons (Fsp3) is 0.308. The molecule has 1 aromatic heterocycles. The summed E-state index contributed by atoms with van der Waals surface area (Å²) in [5.41, 5.74) is 1.38. The molecule has 3 N–H and O–H groups in total. The first kappa shape index (κ1) is 25.2. The zero-order valence-corrected chi connectivity index (χ0v) is 20.5. The number of aryl methyl sites for hydroxylation is 1. The van der Waals surface area contributed by atoms with Gasteiger partial charge in [0.1, 0.15) is 12.4 Å². The molecule has 3 aromatic rings. The maximum absolute atomic E-state index is 12.8. The van der Waals surface area contributed by atoms with Crippen LogP contribution in [0.4, 0.5) is 4.79 Å². The minimum Gasteiger partial charge on any atom is -0.501 e. The molecule has 1 saturated heterocycles. The molecule has 2 aromatic carbocycles. The van der Waals surface area contributed by atoms with Crippen molar-refractivity contribution in [2.45, 2.75) is 38.8 Å². The minimum atomic E-state index is -0.813. The first-order valence-corrected chi connectivity index (χ1v) is 12.0. The summed E-state index contributed by atoms with van der Waals surface area (Å²) in [6.45, 7) is 2.96. The molecular formula is C26H27ClN4O5. The van der Waals surface area contributed by atoms with Crippen molar-refractivity contribution in [1.82, 2.24) is 20.2 Å². The lowest BCUT2D eigenvalue weighted by atomic mass is 9.97. The highest BCUT2D eigenvalue weighted by Gasteiger charge is 2.29. The zero-order chi connectivity index (χ0) is 25.7. The largest absolute Gasteiger partial charge is 0.501 e. The molecule has 4 rings (SSSR count). The van der Waals surface area contributed by atoms with Gasteiger partial charge in [-0.05, 0) is 42.5 Å². The van der Waals surface area contributed by atoms with Crippen molar-refractivity contribution in [2.75, 3.05) is 13.1 Å². The number of rotatable bonds is 6. The summed E-state index contributed by atoms with van der Waals surface area (Å²) in [4.78, 5) is 46.1. The van der Waals surface area contributed by atoms with Gasteiger partial charge in [0.05, 0.1) is 0 Å². The van der Waals surface area contributed by atoms with E-state index < -0.39 is 23.3 Å². The number of hydrogen-bond acceptors (Lipinski definition) is 6. The molecule has 0 radical (unpaired) electrons. The SMILES string of the molecule is Cc1ccc(CNC(=O)c2nc(C3CCCN(C(=O)OCc4ccccc4)C3)[nH]c(=O)c2O)cc1Cl. The quantitative estimate of drug-likeness (QED) is 0.462. The molecule has 9 nitrogen and oxygen atoms in total. The van der Waals surface area contributed by atoms with Crippen LogP contribution in [0.5, 0.6) is 5.75 Å². The number of nitrogens with one attached hydrogen (secondary N) is 2. The summed E-state index contributed by atoms with van der Waals surface area (Å²) in [5.74, 6) is -1.53. The molecule has 188 valence electrons. The molecule has 1 unspecified atom stereocenters. The molecular weight excluding hydrogens is 484 g/mol. The number of aromatic hydroxyl groups is 1. The smallest absolute Gasteiger partial charge is 0.410 e. The van der Waals surface area contributed by atoms with Gasteiger partial charge in [0.15, 0.2) is 5.69 Å². The topological polar surface area (TPSA) is 125 Å². The second-order valence-electron chi connectivity index (χ2n) is 8.74. The van der Waals surface area contributed by atoms with E-state index in [0.717, 1.165) is 16.7 Å². The van der Waals surface area contributed by atoms with Crippen molar-refractivity contribution < 1.29 is 19.4 Å². The number of benzene rings is 2. The molecule has 1 aliphatic heterocycles. The standard InChI is InChI=1S/C26H27ClN4O5/c1-16-9-10-18(12-20(16)27)13-28-24(33)21-22(32)25(34)30-23(29-21)19-8-5-11-31(14-19)26(35)36-15-17-6-3-2-4-7-17/h2-4,6-7,9-10,12,19,32H,5,8,11,13-15H2,1H3,(H,28,33)(H,29,30,34). The van der Waals surface area contributed by atoms with E-state index in [9.17, 15) is 19.5 Å². The van der Waals surface area contributed by atoms with Crippen LogP contribution in [0.2, 0.25) is 5.02 Å². The Kier molecular flexibility index (Phi) is 7.90. The van der Waals surface area contributed by atoms with Gasteiger partial charge in [-0.1, -0.05) is 54.1 Å². The summed E-state index contributed by atoms with van der Waals surface area (Å²) in [6.07, 6.45) is 0.865. The van der Waals surface area contributed by atoms with Gasteiger partial charge >= 0.3 is 6.09 Å². The molecule has 0 spiro atoms. The van der Waals surface area contributed by atoms with E-state index in [-0.39, 0.29) is 37.1 Å². The van der Waals surface area contributed by atoms with Crippen molar-refractivity contribution in [1.29, 1.82) is 0 Å². The third kappa shape index (κ3) is 6.04. The lowest BCUT2D eigenvalue weighted by Gasteiger charge is -2.31. The minimum absolute atomic E-state index is 0.145. The fourth-order valence-corrected chi connectivity index (χ4v) is 4.23. The third-order valence-corrected chi connectivity index (χ3v) is 6.50. The average Bonchev–Trinajstić information content (AvgIpc) is 2.90. The van der Waals surface area contributed by atoms with E-state index in [4.69, 9.17) is 16.3 Å². The monoisotopic (exact) mass is 510 g/mol. The van der Waals surface area contributed by atoms with Crippen molar-refractivity contribution in [2.24, 2.45) is 0 Å². The lowest BCUT2D eigenvalue weighted by Crippen LogP contribution is -2.40. The van der Waals surface area contributed by atoms with Crippen molar-refractivity contribution >= 4 is 23.6 Å². The first-order valence-electron chi connectivity index (χ1n) is 11.6. The van der Waals surface area contributed by atoms with Crippen LogP contribution in [0.3, 0.4) is 0 Å². The number of carbonyl (C=O) groups is 2. The van der Waals surface area contributed by atoms with E-state index in [1.165, 1.54) is 0 Å². The Morgan fingerprint density at radius 1 is 1.22 bits per heavy atom. The van der Waals surface area contributed by atoms with Gasteiger partial charge in [-0.3, -0.25) is 9.59 Å². The predicted molar refractivity (Wildman–Crippen MR) is 134 cm³/mol. The second-order valence-corrected chi connectivity index (χ2v) is 9.15. The summed E-state index contributed by atoms with van der Waals surface area (Å²) in [6, 6.07) is 14.8. The van der Waals surface area contributed by atoms with Gasteiger partial charge < -0.3 is 25.0 Å². The molecule has 10 heteroatoms. The number of amides is 2. The van der Waals surface area contributed by atoms with Crippen LogP contribution < -0.4 is 10.9 Å². The van der Waals surface area contributed by atoms with Crippen LogP contribution in [0, 0.1) is 6.92 Å². The summed E-state index contributed by atoms with van der Waals surface area (Å²) < 4.78 is 5.43. The Bertz CT molecular complexity index is 1310. The van der Waals surface area contributed by atoms with E-state index in [1.807, 2.05) is 49.4 Å². The van der Waals surface area contributed by atoms with Crippen LogP contribution in [-0.2, 0) is 17.9 Å². The number of ether oxygens (including phenoxy) is 1. The predicted octanol–water partition coefficient (Wildman–Crippen LogP) is 3.88. The number of halogens is 1. The number of nitrogens with zero attached hydrogens (tertiary/aromatic N) is 2. The van der Waals surface area contributed by atoms with E-state index in [1.54, 1.807) is 11.0 Å². The van der Waals surface area contributed by atoms with Crippen molar-refractivity contribution in [3.05, 3.63) is 92.1 Å². The zero-order valence-electron chi connectivity index (χ0n) is 19.8. The van der Waals surface area contributed by atoms with E-state index in [2.05, 4.69) is 15.3 Å². The number of hydrogen-bond donors (Lipinski definition) is 3. The number of piperidine rings is 1. The summed E-state index contributed by atoms with van der Waals surface area (Å²) in [7, 11) is 0. The van der Waals surface area contributed by atoms with Crippen LogP contribution >= 0.6 is 11.6 Å². The van der Waals surface area contributed by atoms with E-state index in [0.29, 0.717) is 24.4 Å². The molecule has 1 aliphatic rings. The average molecular weight is 511 g/mol. The molecule has 0 saturated carbocycles. The number of likely N-dealkylation sites (tertiary alicyclic amines) is 1. The number of aromatic amines is 1. The Balaban J connectivity index is 1.43. The van der Waals surface area contributed by atoms with Crippen LogP contribution in [0.25, 0.3) is 0 Å². The molecule has 36 heavy (non-hydrogen) atoms. The van der Waals surface area contributed by atoms with Gasteiger partial charge in [-0.15, -0.1) is 0 Å². The molecule has 2 amide bonds. The number of carbonyl (C=O) groups excluding carboxylic acids is 2. The highest BCUT2D eigenvalue weighted by atomic mass is 35.5. The Morgan fingerprint density at radius 3 is 2.75 bits per heavy atom. The summed E-state index contributed by atoms with van der Waals surface area (Å²) >= 11 is 6.14. The fourth-order valence-electron chi connectivity index (χ4n) is 4.03. The van der Waals surface area contributed by atoms with Crippen molar-refractivity contribution in [3.8, 4) is 5.75 Å². The van der Waals surface area contributed by atoms with Crippen LogP contribution in [0.1, 0.15) is 51.8 Å². The van der Waals surface area contributed by atoms with E-state index >= 15 is 0 Å². The van der Waals surface area contributed by atoms with Gasteiger partial charge in [0.2, 0.25) is 5.75 Å². The van der Waals surface area contributed by atoms with Gasteiger partial charge in [0.25, 0.3) is 11.5 Å². The highest BCUT2D eigenvalue weighted by molar-refractivity contribution is 6.31. The second kappa shape index (κ2) is 11.3. The molecule has 2 heterocycles. The highest BCUT2D eigenvalue weighted by Crippen LogP contribution is 2.26. The lowest BCUT2D eigenvalue weighted by molar-refractivity contribution is 0.0849. The number of H-pyrrole nitrogens is 1. The van der Waals surface area contributed by atoms with Crippen molar-refractivity contribution in [3.63, 3.8) is 0 Å². The van der Waals surface area contributed by atoms with Gasteiger partial charge in [-0.25, -0.2) is 9.78 Å². The summed E-state index contributed by atoms with van der Waals surface area (Å²) in [5, 5.41) is 13.5. The third-order valence-electron chi connectivity index (χ3n) is 6.09. The maximum atomic E-state index is 12.8. The van der Waals surface area contributed by atoms with Gasteiger partial charge in [-0.2, -0.15) is 0 Å². The Hall–Kier alpha value is -3.85. The first-order chi connectivity index (χ1) is 17.3. The Morgan fingerprint density at radius 2 is 2.00 bits per heavy atom. The van der Waals surface area contributed by atoms with Crippen LogP contribution in [-0.4, -0.2) is 45.1 Å². The molecule has 1 atom stereocenters. The maximum Gasteiger partial charge on any atom is 0.410 e. The van der Waals surface area contributed by atoms with Crippen LogP contribution in [0.15, 0.2) is 53.3 Å². The van der Waals surface area contributed by atoms with Gasteiger partial charge in [0, 0.05) is 30.6 Å². The molecule has 0 aliphatic carbocycles. The molecule has 1 fully saturated rings.